The van der Waals surface area contributed by atoms with Gasteiger partial charge < -0.3 is 14.5 Å². The van der Waals surface area contributed by atoms with Gasteiger partial charge in [0.1, 0.15) is 0 Å². The molecular formula is C13H17N3O2. The molecule has 1 heterocycles. The van der Waals surface area contributed by atoms with Crippen molar-refractivity contribution >= 4 is 0 Å². The van der Waals surface area contributed by atoms with E-state index >= 15 is 0 Å². The van der Waals surface area contributed by atoms with Crippen LogP contribution in [0.5, 0.6) is 0 Å². The molecular weight excluding hydrogens is 230 g/mol. The third-order valence-electron chi connectivity index (χ3n) is 2.49. The molecule has 1 aromatic carbocycles. The molecule has 0 unspecified atom stereocenters. The maximum atomic E-state index is 5.58. The second kappa shape index (κ2) is 6.88. The quantitative estimate of drug-likeness (QED) is 0.752. The number of ether oxygens (including phenoxy) is 1. The monoisotopic (exact) mass is 247 g/mol. The van der Waals surface area contributed by atoms with Crippen molar-refractivity contribution in [1.82, 2.24) is 15.5 Å². The number of aromatic nitrogens is 2. The molecule has 0 fully saturated rings. The average molecular weight is 247 g/mol. The fraction of sp³-hybridized carbons (Fsp3) is 0.385. The normalized spacial score (nSPS) is 10.7. The minimum Gasteiger partial charge on any atom is -0.421 e. The predicted octanol–water partition coefficient (Wildman–Crippen LogP) is 1.52. The summed E-state index contributed by atoms with van der Waals surface area (Å²) in [4.78, 5) is 0. The van der Waals surface area contributed by atoms with Crippen LogP contribution in [0.3, 0.4) is 0 Å². The second-order valence-electron chi connectivity index (χ2n) is 3.86. The largest absolute Gasteiger partial charge is 0.421 e. The molecule has 0 spiro atoms. The molecule has 5 nitrogen and oxygen atoms in total. The lowest BCUT2D eigenvalue weighted by Crippen LogP contribution is -2.21. The first kappa shape index (κ1) is 12.7. The Balaban J connectivity index is 1.83. The zero-order chi connectivity index (χ0) is 12.6. The maximum absolute atomic E-state index is 5.58. The number of rotatable bonds is 7. The summed E-state index contributed by atoms with van der Waals surface area (Å²) in [5.41, 5.74) is 0.948. The zero-order valence-corrected chi connectivity index (χ0v) is 10.4. The molecule has 0 aliphatic rings. The van der Waals surface area contributed by atoms with Gasteiger partial charge in [0.2, 0.25) is 11.8 Å². The minimum atomic E-state index is 0.572. The Hall–Kier alpha value is -1.72. The van der Waals surface area contributed by atoms with Gasteiger partial charge in [0.25, 0.3) is 0 Å². The van der Waals surface area contributed by atoms with Gasteiger partial charge in [-0.25, -0.2) is 0 Å². The highest BCUT2D eigenvalue weighted by atomic mass is 16.5. The van der Waals surface area contributed by atoms with E-state index in [4.69, 9.17) is 9.15 Å². The molecule has 0 bridgehead atoms. The minimum absolute atomic E-state index is 0.572. The van der Waals surface area contributed by atoms with Crippen molar-refractivity contribution in [3.63, 3.8) is 0 Å². The van der Waals surface area contributed by atoms with Crippen molar-refractivity contribution < 1.29 is 9.15 Å². The van der Waals surface area contributed by atoms with Crippen LogP contribution in [0.25, 0.3) is 11.5 Å². The third-order valence-corrected chi connectivity index (χ3v) is 2.49. The number of hydrogen-bond acceptors (Lipinski definition) is 5. The van der Waals surface area contributed by atoms with Crippen molar-refractivity contribution in [2.24, 2.45) is 0 Å². The smallest absolute Gasteiger partial charge is 0.247 e. The third kappa shape index (κ3) is 3.65. The van der Waals surface area contributed by atoms with Gasteiger partial charge in [-0.3, -0.25) is 0 Å². The van der Waals surface area contributed by atoms with E-state index in [0.717, 1.165) is 25.1 Å². The van der Waals surface area contributed by atoms with Crippen molar-refractivity contribution in [1.29, 1.82) is 0 Å². The highest BCUT2D eigenvalue weighted by Gasteiger charge is 2.07. The Morgan fingerprint density at radius 2 is 2.00 bits per heavy atom. The van der Waals surface area contributed by atoms with Gasteiger partial charge in [-0.15, -0.1) is 10.2 Å². The van der Waals surface area contributed by atoms with E-state index in [-0.39, 0.29) is 0 Å². The van der Waals surface area contributed by atoms with Gasteiger partial charge >= 0.3 is 0 Å². The summed E-state index contributed by atoms with van der Waals surface area (Å²) in [5, 5.41) is 11.3. The molecule has 0 aliphatic heterocycles. The summed E-state index contributed by atoms with van der Waals surface area (Å²) in [6.07, 6.45) is 0.726. The number of nitrogens with zero attached hydrogens (tertiary/aromatic N) is 2. The van der Waals surface area contributed by atoms with E-state index in [9.17, 15) is 0 Å². The van der Waals surface area contributed by atoms with Crippen LogP contribution in [-0.2, 0) is 11.2 Å². The molecule has 0 aliphatic carbocycles. The van der Waals surface area contributed by atoms with Crippen LogP contribution in [0.4, 0.5) is 0 Å². The topological polar surface area (TPSA) is 60.2 Å². The van der Waals surface area contributed by atoms with Crippen LogP contribution in [0.2, 0.25) is 0 Å². The van der Waals surface area contributed by atoms with Crippen molar-refractivity contribution in [2.45, 2.75) is 6.42 Å². The molecule has 2 rings (SSSR count). The zero-order valence-electron chi connectivity index (χ0n) is 10.4. The fourth-order valence-corrected chi connectivity index (χ4v) is 1.55. The molecule has 5 heteroatoms. The summed E-state index contributed by atoms with van der Waals surface area (Å²) in [6.45, 7) is 2.34. The summed E-state index contributed by atoms with van der Waals surface area (Å²) < 4.78 is 10.5. The van der Waals surface area contributed by atoms with Gasteiger partial charge in [0.15, 0.2) is 0 Å². The second-order valence-corrected chi connectivity index (χ2v) is 3.86. The van der Waals surface area contributed by atoms with Gasteiger partial charge in [0, 0.05) is 32.2 Å². The van der Waals surface area contributed by atoms with E-state index in [1.165, 1.54) is 0 Å². The summed E-state index contributed by atoms with van der Waals surface area (Å²) in [7, 11) is 1.69. The van der Waals surface area contributed by atoms with E-state index in [1.807, 2.05) is 30.3 Å². The molecule has 18 heavy (non-hydrogen) atoms. The molecule has 0 saturated carbocycles. The maximum Gasteiger partial charge on any atom is 0.247 e. The SMILES string of the molecule is COCCNCCc1nnc(-c2ccccc2)o1. The van der Waals surface area contributed by atoms with Gasteiger partial charge in [0.05, 0.1) is 6.61 Å². The Morgan fingerprint density at radius 1 is 1.17 bits per heavy atom. The average Bonchev–Trinajstić information content (AvgIpc) is 2.88. The van der Waals surface area contributed by atoms with E-state index < -0.39 is 0 Å². The Kier molecular flexibility index (Phi) is 4.87. The Morgan fingerprint density at radius 3 is 2.78 bits per heavy atom. The Bertz CT molecular complexity index is 456. The molecule has 2 aromatic rings. The van der Waals surface area contributed by atoms with Gasteiger partial charge in [-0.1, -0.05) is 18.2 Å². The lowest BCUT2D eigenvalue weighted by atomic mass is 10.2. The first-order valence-electron chi connectivity index (χ1n) is 5.97. The van der Waals surface area contributed by atoms with Crippen molar-refractivity contribution in [3.05, 3.63) is 36.2 Å². The number of methoxy groups -OCH3 is 1. The lowest BCUT2D eigenvalue weighted by molar-refractivity contribution is 0.199. The standard InChI is InChI=1S/C13H17N3O2/c1-17-10-9-14-8-7-12-15-16-13(18-12)11-5-3-2-4-6-11/h2-6,14H,7-10H2,1H3. The Labute approximate surface area is 106 Å². The van der Waals surface area contributed by atoms with Crippen molar-refractivity contribution in [2.75, 3.05) is 26.8 Å². The highest BCUT2D eigenvalue weighted by molar-refractivity contribution is 5.51. The van der Waals surface area contributed by atoms with Crippen LogP contribution < -0.4 is 5.32 Å². The van der Waals surface area contributed by atoms with Crippen LogP contribution in [-0.4, -0.2) is 37.0 Å². The van der Waals surface area contributed by atoms with Crippen LogP contribution in [0, 0.1) is 0 Å². The van der Waals surface area contributed by atoms with Crippen LogP contribution >= 0.6 is 0 Å². The number of hydrogen-bond donors (Lipinski definition) is 1. The molecule has 0 saturated heterocycles. The van der Waals surface area contributed by atoms with E-state index in [0.29, 0.717) is 18.4 Å². The fourth-order valence-electron chi connectivity index (χ4n) is 1.55. The van der Waals surface area contributed by atoms with E-state index in [2.05, 4.69) is 15.5 Å². The lowest BCUT2D eigenvalue weighted by Gasteiger charge is -2.00. The van der Waals surface area contributed by atoms with Gasteiger partial charge in [-0.2, -0.15) is 0 Å². The van der Waals surface area contributed by atoms with Crippen molar-refractivity contribution in [3.8, 4) is 11.5 Å². The first-order valence-corrected chi connectivity index (χ1v) is 5.97. The number of nitrogens with one attached hydrogen (secondary N) is 1. The summed E-state index contributed by atoms with van der Waals surface area (Å²) in [5.74, 6) is 1.22. The molecule has 0 radical (unpaired) electrons. The van der Waals surface area contributed by atoms with Crippen LogP contribution in [0.15, 0.2) is 34.7 Å². The first-order chi connectivity index (χ1) is 8.90. The molecule has 0 amide bonds. The molecule has 96 valence electrons. The predicted molar refractivity (Wildman–Crippen MR) is 68.2 cm³/mol. The molecule has 1 aromatic heterocycles. The summed E-state index contributed by atoms with van der Waals surface area (Å²) in [6, 6.07) is 9.76. The number of benzene rings is 1. The van der Waals surface area contributed by atoms with E-state index in [1.54, 1.807) is 7.11 Å². The van der Waals surface area contributed by atoms with Crippen LogP contribution in [0.1, 0.15) is 5.89 Å². The summed E-state index contributed by atoms with van der Waals surface area (Å²) >= 11 is 0. The van der Waals surface area contributed by atoms with Gasteiger partial charge in [-0.05, 0) is 12.1 Å². The molecule has 0 atom stereocenters. The molecule has 1 N–H and O–H groups in total. The highest BCUT2D eigenvalue weighted by Crippen LogP contribution is 2.16.